The first-order valence-corrected chi connectivity index (χ1v) is 10.6. The summed E-state index contributed by atoms with van der Waals surface area (Å²) >= 11 is 13.0. The highest BCUT2D eigenvalue weighted by molar-refractivity contribution is 7.99. The molecule has 1 aromatic heterocycles. The number of carboxylic acids is 1. The van der Waals surface area contributed by atoms with Crippen molar-refractivity contribution in [3.8, 4) is 11.1 Å². The Morgan fingerprint density at radius 2 is 1.90 bits per heavy atom. The second-order valence-electron chi connectivity index (χ2n) is 6.51. The van der Waals surface area contributed by atoms with Gasteiger partial charge in [-0.1, -0.05) is 35.3 Å². The average molecular weight is 483 g/mol. The predicted molar refractivity (Wildman–Crippen MR) is 112 cm³/mol. The molecule has 4 N–H and O–H groups in total. The van der Waals surface area contributed by atoms with Crippen molar-refractivity contribution >= 4 is 40.9 Å². The number of carbonyl (C=O) groups is 1. The summed E-state index contributed by atoms with van der Waals surface area (Å²) < 4.78 is 40.9. The first-order chi connectivity index (χ1) is 14.0. The number of thioether (sulfide) groups is 1. The number of alkyl halides is 3. The quantitative estimate of drug-likeness (QED) is 0.447. The Kier molecular flexibility index (Phi) is 8.41. The molecule has 2 atom stereocenters. The molecule has 0 aliphatic rings. The summed E-state index contributed by atoms with van der Waals surface area (Å²) in [6, 6.07) is 6.15. The van der Waals surface area contributed by atoms with Gasteiger partial charge in [0.25, 0.3) is 0 Å². The molecular formula is C19H19Cl2F3N2O3S. The van der Waals surface area contributed by atoms with Crippen LogP contribution in [0.4, 0.5) is 13.2 Å². The summed E-state index contributed by atoms with van der Waals surface area (Å²) in [5, 5.41) is 19.9. The van der Waals surface area contributed by atoms with Gasteiger partial charge in [-0.3, -0.25) is 9.78 Å². The van der Waals surface area contributed by atoms with E-state index < -0.39 is 35.9 Å². The number of hydrogen-bond acceptors (Lipinski definition) is 5. The summed E-state index contributed by atoms with van der Waals surface area (Å²) in [7, 11) is 0. The van der Waals surface area contributed by atoms with Crippen molar-refractivity contribution in [1.82, 2.24) is 4.98 Å². The summed E-state index contributed by atoms with van der Waals surface area (Å²) in [5.41, 5.74) is 2.70. The van der Waals surface area contributed by atoms with Gasteiger partial charge in [-0.15, -0.1) is 0 Å². The molecule has 0 bridgehead atoms. The lowest BCUT2D eigenvalue weighted by molar-refractivity contribution is -0.268. The topological polar surface area (TPSA) is 96.4 Å². The van der Waals surface area contributed by atoms with Crippen molar-refractivity contribution in [2.75, 3.05) is 11.5 Å². The van der Waals surface area contributed by atoms with Gasteiger partial charge in [0.15, 0.2) is 0 Å². The molecule has 0 fully saturated rings. The van der Waals surface area contributed by atoms with Gasteiger partial charge in [0.2, 0.25) is 5.60 Å². The van der Waals surface area contributed by atoms with Crippen LogP contribution >= 0.6 is 35.0 Å². The normalized spacial score (nSPS) is 14.9. The Labute approximate surface area is 185 Å². The van der Waals surface area contributed by atoms with Crippen LogP contribution in [-0.4, -0.2) is 44.9 Å². The fourth-order valence-electron chi connectivity index (χ4n) is 2.59. The molecule has 11 heteroatoms. The monoisotopic (exact) mass is 482 g/mol. The minimum atomic E-state index is -4.95. The fourth-order valence-corrected chi connectivity index (χ4v) is 4.17. The Bertz CT molecular complexity index is 884. The molecule has 0 saturated heterocycles. The molecule has 0 radical (unpaired) electrons. The van der Waals surface area contributed by atoms with Crippen molar-refractivity contribution in [2.24, 2.45) is 5.73 Å². The van der Waals surface area contributed by atoms with Gasteiger partial charge in [0, 0.05) is 27.4 Å². The molecule has 0 saturated carbocycles. The maximum atomic E-state index is 13.6. The van der Waals surface area contributed by atoms with E-state index in [2.05, 4.69) is 4.98 Å². The summed E-state index contributed by atoms with van der Waals surface area (Å²) in [5.74, 6) is -0.982. The zero-order valence-corrected chi connectivity index (χ0v) is 17.8. The van der Waals surface area contributed by atoms with Crippen LogP contribution in [0.15, 0.2) is 36.5 Å². The van der Waals surface area contributed by atoms with Gasteiger partial charge < -0.3 is 15.9 Å². The van der Waals surface area contributed by atoms with E-state index >= 15 is 0 Å². The van der Waals surface area contributed by atoms with Gasteiger partial charge >= 0.3 is 12.1 Å². The van der Waals surface area contributed by atoms with Crippen molar-refractivity contribution in [3.63, 3.8) is 0 Å². The van der Waals surface area contributed by atoms with Crippen LogP contribution in [0.1, 0.15) is 18.5 Å². The number of aliphatic carboxylic acids is 1. The minimum Gasteiger partial charge on any atom is -0.480 e. The second-order valence-corrected chi connectivity index (χ2v) is 8.58. The van der Waals surface area contributed by atoms with E-state index in [0.29, 0.717) is 21.2 Å². The highest BCUT2D eigenvalue weighted by Crippen LogP contribution is 2.42. The molecule has 1 heterocycles. The molecule has 0 spiro atoms. The lowest BCUT2D eigenvalue weighted by Crippen LogP contribution is -2.43. The number of rotatable bonds is 9. The lowest BCUT2D eigenvalue weighted by Gasteiger charge is -2.30. The predicted octanol–water partition coefficient (Wildman–Crippen LogP) is 4.73. The zero-order chi connectivity index (χ0) is 22.5. The molecule has 0 amide bonds. The fraction of sp³-hybridized carbons (Fsp3) is 0.368. The summed E-state index contributed by atoms with van der Waals surface area (Å²) in [6.45, 7) is 0. The first kappa shape index (κ1) is 24.7. The van der Waals surface area contributed by atoms with Gasteiger partial charge in [-0.2, -0.15) is 24.9 Å². The third-order valence-electron chi connectivity index (χ3n) is 4.40. The molecule has 1 aromatic carbocycles. The van der Waals surface area contributed by atoms with Crippen LogP contribution in [-0.2, 0) is 10.4 Å². The van der Waals surface area contributed by atoms with Crippen LogP contribution in [0.5, 0.6) is 0 Å². The van der Waals surface area contributed by atoms with E-state index in [1.807, 2.05) is 0 Å². The Balaban J connectivity index is 2.13. The lowest BCUT2D eigenvalue weighted by atomic mass is 9.94. The van der Waals surface area contributed by atoms with Crippen molar-refractivity contribution in [1.29, 1.82) is 0 Å². The van der Waals surface area contributed by atoms with E-state index in [1.165, 1.54) is 18.3 Å². The third-order valence-corrected chi connectivity index (χ3v) is 5.96. The van der Waals surface area contributed by atoms with Gasteiger partial charge in [-0.25, -0.2) is 0 Å². The van der Waals surface area contributed by atoms with Crippen LogP contribution in [0.25, 0.3) is 11.1 Å². The molecule has 5 nitrogen and oxygen atoms in total. The van der Waals surface area contributed by atoms with Crippen molar-refractivity contribution < 1.29 is 28.2 Å². The largest absolute Gasteiger partial charge is 0.480 e. The van der Waals surface area contributed by atoms with E-state index in [0.717, 1.165) is 17.8 Å². The van der Waals surface area contributed by atoms with E-state index in [-0.39, 0.29) is 17.9 Å². The SMILES string of the molecule is NC(CCSCCC(O)(c1ccc(-c2ccc(Cl)cc2Cl)cn1)C(F)(F)F)C(=O)O. The molecule has 164 valence electrons. The van der Waals surface area contributed by atoms with Gasteiger partial charge in [0.05, 0.1) is 5.69 Å². The molecule has 2 rings (SSSR count). The molecule has 30 heavy (non-hydrogen) atoms. The maximum Gasteiger partial charge on any atom is 0.423 e. The highest BCUT2D eigenvalue weighted by atomic mass is 35.5. The van der Waals surface area contributed by atoms with Crippen LogP contribution < -0.4 is 5.73 Å². The second kappa shape index (κ2) is 10.2. The first-order valence-electron chi connectivity index (χ1n) is 8.73. The number of carboxylic acid groups (broad SMARTS) is 1. The molecule has 2 unspecified atom stereocenters. The van der Waals surface area contributed by atoms with Crippen LogP contribution in [0.2, 0.25) is 10.0 Å². The van der Waals surface area contributed by atoms with E-state index in [9.17, 15) is 23.1 Å². The van der Waals surface area contributed by atoms with E-state index in [4.69, 9.17) is 34.0 Å². The molecular weight excluding hydrogens is 464 g/mol. The number of hydrogen-bond donors (Lipinski definition) is 3. The molecule has 2 aromatic rings. The zero-order valence-electron chi connectivity index (χ0n) is 15.5. The maximum absolute atomic E-state index is 13.6. The number of nitrogens with zero attached hydrogens (tertiary/aromatic N) is 1. The van der Waals surface area contributed by atoms with E-state index in [1.54, 1.807) is 12.1 Å². The smallest absolute Gasteiger partial charge is 0.423 e. The third kappa shape index (κ3) is 6.01. The number of pyridine rings is 1. The standard InChI is InChI=1S/C19H19Cl2F3N2O3S/c20-12-2-3-13(14(21)9-12)11-1-4-16(26-10-11)18(29,19(22,23)24)6-8-30-7-5-15(25)17(27)28/h1-4,9-10,15,29H,5-8,25H2,(H,27,28). The van der Waals surface area contributed by atoms with Gasteiger partial charge in [0.1, 0.15) is 6.04 Å². The summed E-state index contributed by atoms with van der Waals surface area (Å²) in [4.78, 5) is 14.5. The number of halogens is 5. The Hall–Kier alpha value is -1.52. The number of nitrogens with two attached hydrogens (primary N) is 1. The highest BCUT2D eigenvalue weighted by Gasteiger charge is 2.55. The number of aliphatic hydroxyl groups is 1. The Morgan fingerprint density at radius 1 is 1.20 bits per heavy atom. The van der Waals surface area contributed by atoms with Crippen molar-refractivity contribution in [2.45, 2.75) is 30.7 Å². The minimum absolute atomic E-state index is 0.0607. The molecule has 0 aliphatic heterocycles. The Morgan fingerprint density at radius 3 is 2.43 bits per heavy atom. The van der Waals surface area contributed by atoms with Crippen molar-refractivity contribution in [3.05, 3.63) is 52.3 Å². The summed E-state index contributed by atoms with van der Waals surface area (Å²) in [6.07, 6.45) is -4.27. The van der Waals surface area contributed by atoms with Crippen LogP contribution in [0, 0.1) is 0 Å². The average Bonchev–Trinajstić information content (AvgIpc) is 2.66. The number of benzene rings is 1. The molecule has 0 aliphatic carbocycles. The van der Waals surface area contributed by atoms with Gasteiger partial charge in [-0.05, 0) is 42.5 Å². The number of aromatic nitrogens is 1. The van der Waals surface area contributed by atoms with Crippen LogP contribution in [0.3, 0.4) is 0 Å².